The molecular weight excluding hydrogens is 296 g/mol. The lowest BCUT2D eigenvalue weighted by Crippen LogP contribution is -2.21. The van der Waals surface area contributed by atoms with E-state index in [1.54, 1.807) is 0 Å². The zero-order valence-electron chi connectivity index (χ0n) is 9.23. The van der Waals surface area contributed by atoms with Crippen molar-refractivity contribution >= 4 is 21.6 Å². The molecule has 0 aliphatic carbocycles. The van der Waals surface area contributed by atoms with Crippen molar-refractivity contribution in [1.29, 1.82) is 0 Å². The third kappa shape index (κ3) is 3.11. The smallest absolute Gasteiger partial charge is 0.338 e. The van der Waals surface area contributed by atoms with Crippen molar-refractivity contribution in [2.75, 3.05) is 14.2 Å². The van der Waals surface area contributed by atoms with Crippen LogP contribution in [0.1, 0.15) is 5.56 Å². The molecule has 0 aliphatic rings. The number of rotatable bonds is 5. The van der Waals surface area contributed by atoms with Gasteiger partial charge in [0.2, 0.25) is 0 Å². The second-order valence-electron chi connectivity index (χ2n) is 3.16. The normalized spacial score (nSPS) is 10.8. The van der Waals surface area contributed by atoms with E-state index in [4.69, 9.17) is 9.47 Å². The summed E-state index contributed by atoms with van der Waals surface area (Å²) < 4.78 is 10.3. The monoisotopic (exact) mass is 306 g/mol. The van der Waals surface area contributed by atoms with Gasteiger partial charge in [0, 0.05) is 31.3 Å². The first-order chi connectivity index (χ1) is 8.01. The van der Waals surface area contributed by atoms with E-state index >= 15 is 0 Å². The lowest BCUT2D eigenvalue weighted by Gasteiger charge is -2.13. The molecule has 1 N–H and O–H groups in total. The fraction of sp³-hybridized carbons (Fsp3) is 0.444. The minimum absolute atomic E-state index is 0.105. The number of halogens is 1. The third-order valence-corrected chi connectivity index (χ3v) is 2.91. The molecule has 8 heteroatoms. The summed E-state index contributed by atoms with van der Waals surface area (Å²) in [6.07, 6.45) is 0.813. The summed E-state index contributed by atoms with van der Waals surface area (Å²) >= 11 is 3.15. The number of hydrogen-bond donors (Lipinski definition) is 1. The topological polar surface area (TPSA) is 94.5 Å². The van der Waals surface area contributed by atoms with Crippen molar-refractivity contribution in [3.05, 3.63) is 36.7 Å². The van der Waals surface area contributed by atoms with E-state index in [1.807, 2.05) is 0 Å². The second-order valence-corrected chi connectivity index (χ2v) is 4.01. The zero-order valence-corrected chi connectivity index (χ0v) is 10.8. The number of nitrogens with one attached hydrogen (secondary N) is 1. The van der Waals surface area contributed by atoms with Crippen molar-refractivity contribution in [3.8, 4) is 0 Å². The first kappa shape index (κ1) is 13.8. The van der Waals surface area contributed by atoms with Crippen LogP contribution < -0.4 is 5.56 Å². The van der Waals surface area contributed by atoms with E-state index in [0.717, 1.165) is 0 Å². The number of ether oxygens (including phenoxy) is 2. The quantitative estimate of drug-likeness (QED) is 0.501. The third-order valence-electron chi connectivity index (χ3n) is 2.20. The fourth-order valence-electron chi connectivity index (χ4n) is 1.35. The lowest BCUT2D eigenvalue weighted by molar-refractivity contribution is -0.387. The Morgan fingerprint density at radius 2 is 2.12 bits per heavy atom. The minimum Gasteiger partial charge on any atom is -0.356 e. The summed E-state index contributed by atoms with van der Waals surface area (Å²) in [5.41, 5.74) is -1.01. The molecule has 17 heavy (non-hydrogen) atoms. The standard InChI is InChI=1S/C9H11BrN2O5/c1-16-7(17-2)3-5-6(10)4-11-9(13)8(5)12(14)15/h4,7H,3H2,1-2H3,(H,11,13). The molecule has 0 aromatic carbocycles. The molecule has 0 atom stereocenters. The Balaban J connectivity index is 3.25. The van der Waals surface area contributed by atoms with Gasteiger partial charge in [0.1, 0.15) is 0 Å². The van der Waals surface area contributed by atoms with E-state index in [0.29, 0.717) is 4.47 Å². The van der Waals surface area contributed by atoms with Gasteiger partial charge in [-0.15, -0.1) is 0 Å². The van der Waals surface area contributed by atoms with Gasteiger partial charge >= 0.3 is 11.2 Å². The minimum atomic E-state index is -0.751. The molecule has 94 valence electrons. The number of pyridine rings is 1. The van der Waals surface area contributed by atoms with Crippen LogP contribution >= 0.6 is 15.9 Å². The molecule has 0 saturated carbocycles. The molecular formula is C9H11BrN2O5. The Morgan fingerprint density at radius 1 is 1.53 bits per heavy atom. The average molecular weight is 307 g/mol. The Bertz CT molecular complexity index is 469. The molecule has 0 fully saturated rings. The molecule has 0 aliphatic heterocycles. The molecule has 0 saturated heterocycles. The highest BCUT2D eigenvalue weighted by molar-refractivity contribution is 9.10. The van der Waals surface area contributed by atoms with Crippen LogP contribution in [-0.4, -0.2) is 30.4 Å². The summed E-state index contributed by atoms with van der Waals surface area (Å²) in [5, 5.41) is 10.8. The highest BCUT2D eigenvalue weighted by Crippen LogP contribution is 2.24. The van der Waals surface area contributed by atoms with Crippen LogP contribution in [0.5, 0.6) is 0 Å². The van der Waals surface area contributed by atoms with Crippen molar-refractivity contribution in [2.45, 2.75) is 12.7 Å². The molecule has 0 amide bonds. The molecule has 1 aromatic heterocycles. The average Bonchev–Trinajstić information content (AvgIpc) is 2.29. The van der Waals surface area contributed by atoms with E-state index in [-0.39, 0.29) is 12.0 Å². The van der Waals surface area contributed by atoms with Gasteiger partial charge in [0.15, 0.2) is 6.29 Å². The van der Waals surface area contributed by atoms with E-state index in [9.17, 15) is 14.9 Å². The number of aromatic nitrogens is 1. The SMILES string of the molecule is COC(Cc1c(Br)c[nH]c(=O)c1[N+](=O)[O-])OC. The Morgan fingerprint density at radius 3 is 2.59 bits per heavy atom. The molecule has 1 rings (SSSR count). The van der Waals surface area contributed by atoms with Crippen LogP contribution in [0.15, 0.2) is 15.5 Å². The highest BCUT2D eigenvalue weighted by atomic mass is 79.9. The molecule has 1 aromatic rings. The van der Waals surface area contributed by atoms with Crippen LogP contribution in [0, 0.1) is 10.1 Å². The maximum atomic E-state index is 11.4. The van der Waals surface area contributed by atoms with Crippen molar-refractivity contribution in [3.63, 3.8) is 0 Å². The second kappa shape index (κ2) is 5.89. The zero-order chi connectivity index (χ0) is 13.0. The number of H-pyrrole nitrogens is 1. The predicted octanol–water partition coefficient (Wildman–Crippen LogP) is 1.21. The van der Waals surface area contributed by atoms with Crippen molar-refractivity contribution in [1.82, 2.24) is 4.98 Å². The van der Waals surface area contributed by atoms with Gasteiger partial charge in [-0.3, -0.25) is 14.9 Å². The molecule has 0 spiro atoms. The molecule has 1 heterocycles. The fourth-order valence-corrected chi connectivity index (χ4v) is 1.82. The largest absolute Gasteiger partial charge is 0.356 e. The molecule has 7 nitrogen and oxygen atoms in total. The van der Waals surface area contributed by atoms with Crippen LogP contribution in [0.25, 0.3) is 0 Å². The number of hydrogen-bond acceptors (Lipinski definition) is 5. The van der Waals surface area contributed by atoms with Crippen LogP contribution in [0.3, 0.4) is 0 Å². The molecule has 0 radical (unpaired) electrons. The summed E-state index contributed by atoms with van der Waals surface area (Å²) in [5.74, 6) is 0. The van der Waals surface area contributed by atoms with Crippen molar-refractivity contribution in [2.24, 2.45) is 0 Å². The molecule has 0 unspecified atom stereocenters. The predicted molar refractivity (Wildman–Crippen MR) is 62.9 cm³/mol. The number of aromatic amines is 1. The van der Waals surface area contributed by atoms with E-state index < -0.39 is 22.5 Å². The van der Waals surface area contributed by atoms with Gasteiger partial charge in [0.05, 0.1) is 10.5 Å². The number of nitro groups is 1. The van der Waals surface area contributed by atoms with Gasteiger partial charge in [-0.05, 0) is 15.9 Å². The highest BCUT2D eigenvalue weighted by Gasteiger charge is 2.24. The summed E-state index contributed by atoms with van der Waals surface area (Å²) in [6, 6.07) is 0. The van der Waals surface area contributed by atoms with Gasteiger partial charge in [0.25, 0.3) is 0 Å². The van der Waals surface area contributed by atoms with Crippen molar-refractivity contribution < 1.29 is 14.4 Å². The summed E-state index contributed by atoms with van der Waals surface area (Å²) in [7, 11) is 2.84. The summed E-state index contributed by atoms with van der Waals surface area (Å²) in [6.45, 7) is 0. The first-order valence-corrected chi connectivity index (χ1v) is 5.40. The first-order valence-electron chi connectivity index (χ1n) is 4.61. The number of nitrogens with zero attached hydrogens (tertiary/aromatic N) is 1. The van der Waals surface area contributed by atoms with Crippen LogP contribution in [0.2, 0.25) is 0 Å². The maximum absolute atomic E-state index is 11.4. The molecule has 0 bridgehead atoms. The van der Waals surface area contributed by atoms with Crippen LogP contribution in [0.4, 0.5) is 5.69 Å². The Kier molecular flexibility index (Phi) is 4.79. The van der Waals surface area contributed by atoms with E-state index in [2.05, 4.69) is 20.9 Å². The summed E-state index contributed by atoms with van der Waals surface area (Å²) in [4.78, 5) is 23.8. The van der Waals surface area contributed by atoms with E-state index in [1.165, 1.54) is 20.4 Å². The van der Waals surface area contributed by atoms with Gasteiger partial charge in [-0.25, -0.2) is 0 Å². The van der Waals surface area contributed by atoms with Crippen LogP contribution in [-0.2, 0) is 15.9 Å². The Labute approximate surface area is 105 Å². The Hall–Kier alpha value is -1.25. The van der Waals surface area contributed by atoms with Gasteiger partial charge < -0.3 is 14.5 Å². The van der Waals surface area contributed by atoms with Gasteiger partial charge in [-0.2, -0.15) is 0 Å². The maximum Gasteiger partial charge on any atom is 0.338 e. The lowest BCUT2D eigenvalue weighted by atomic mass is 10.1. The number of methoxy groups -OCH3 is 2. The van der Waals surface area contributed by atoms with Gasteiger partial charge in [-0.1, -0.05) is 0 Å².